The first kappa shape index (κ1) is 18.8. The van der Waals surface area contributed by atoms with Gasteiger partial charge in [0.2, 0.25) is 0 Å². The number of hydrogen-bond acceptors (Lipinski definition) is 5. The summed E-state index contributed by atoms with van der Waals surface area (Å²) in [5, 5.41) is 13.6. The van der Waals surface area contributed by atoms with Crippen LogP contribution in [-0.4, -0.2) is 42.4 Å². The Hall–Kier alpha value is -2.54. The normalized spacial score (nSPS) is 16.7. The molecule has 3 aromatic heterocycles. The molecule has 0 spiro atoms. The van der Waals surface area contributed by atoms with Crippen LogP contribution in [0.1, 0.15) is 56.6 Å². The summed E-state index contributed by atoms with van der Waals surface area (Å²) in [6.07, 6.45) is 3.88. The molecule has 28 heavy (non-hydrogen) atoms. The molecule has 0 aliphatic carbocycles. The Morgan fingerprint density at radius 2 is 1.86 bits per heavy atom. The van der Waals surface area contributed by atoms with Crippen LogP contribution in [-0.2, 0) is 19.0 Å². The second-order valence-electron chi connectivity index (χ2n) is 8.83. The van der Waals surface area contributed by atoms with Crippen LogP contribution >= 0.6 is 0 Å². The van der Waals surface area contributed by atoms with Crippen LogP contribution in [0.4, 0.5) is 0 Å². The first-order valence-corrected chi connectivity index (χ1v) is 9.92. The van der Waals surface area contributed by atoms with Crippen molar-refractivity contribution in [2.24, 2.45) is 7.05 Å². The van der Waals surface area contributed by atoms with E-state index in [-0.39, 0.29) is 11.0 Å². The number of likely N-dealkylation sites (tertiary alicyclic amines) is 1. The van der Waals surface area contributed by atoms with Crippen molar-refractivity contribution in [3.63, 3.8) is 0 Å². The van der Waals surface area contributed by atoms with Gasteiger partial charge in [-0.15, -0.1) is 10.2 Å². The van der Waals surface area contributed by atoms with Gasteiger partial charge in [0.25, 0.3) is 5.56 Å². The number of aryl methyl sites for hydroxylation is 1. The summed E-state index contributed by atoms with van der Waals surface area (Å²) >= 11 is 0. The molecule has 7 nitrogen and oxygen atoms in total. The summed E-state index contributed by atoms with van der Waals surface area (Å²) in [5.74, 6) is 1.33. The molecule has 3 aromatic rings. The zero-order valence-corrected chi connectivity index (χ0v) is 17.1. The van der Waals surface area contributed by atoms with Crippen molar-refractivity contribution in [2.75, 3.05) is 13.1 Å². The lowest BCUT2D eigenvalue weighted by Crippen LogP contribution is -2.33. The van der Waals surface area contributed by atoms with Crippen LogP contribution in [0.25, 0.3) is 5.65 Å². The lowest BCUT2D eigenvalue weighted by molar-refractivity contribution is 0.200. The number of nitrogens with zero attached hydrogens (tertiary/aromatic N) is 6. The van der Waals surface area contributed by atoms with Crippen molar-refractivity contribution in [1.29, 1.82) is 0 Å². The van der Waals surface area contributed by atoms with E-state index in [4.69, 9.17) is 5.10 Å². The lowest BCUT2D eigenvalue weighted by atomic mass is 9.92. The van der Waals surface area contributed by atoms with Gasteiger partial charge in [-0.2, -0.15) is 9.61 Å². The van der Waals surface area contributed by atoms with Gasteiger partial charge in [-0.3, -0.25) is 9.69 Å². The summed E-state index contributed by atoms with van der Waals surface area (Å²) in [6.45, 7) is 9.28. The van der Waals surface area contributed by atoms with Crippen LogP contribution < -0.4 is 5.56 Å². The molecule has 1 aliphatic rings. The second-order valence-corrected chi connectivity index (χ2v) is 8.83. The van der Waals surface area contributed by atoms with E-state index >= 15 is 0 Å². The highest BCUT2D eigenvalue weighted by Gasteiger charge is 2.26. The topological polar surface area (TPSA) is 68.3 Å². The molecule has 0 unspecified atom stereocenters. The number of pyridine rings is 1. The van der Waals surface area contributed by atoms with Gasteiger partial charge in [0, 0.05) is 37.2 Å². The highest BCUT2D eigenvalue weighted by Crippen LogP contribution is 2.28. The Kier molecular flexibility index (Phi) is 4.79. The zero-order chi connectivity index (χ0) is 19.9. The molecule has 4 heterocycles. The van der Waals surface area contributed by atoms with Crippen LogP contribution in [0.2, 0.25) is 0 Å². The number of fused-ring (bicyclic) bond motifs is 1. The van der Waals surface area contributed by atoms with Crippen molar-refractivity contribution in [1.82, 2.24) is 29.3 Å². The van der Waals surface area contributed by atoms with E-state index in [9.17, 15) is 4.79 Å². The fourth-order valence-corrected chi connectivity index (χ4v) is 3.76. The van der Waals surface area contributed by atoms with Gasteiger partial charge >= 0.3 is 0 Å². The third kappa shape index (κ3) is 3.71. The monoisotopic (exact) mass is 380 g/mol. The van der Waals surface area contributed by atoms with E-state index in [1.807, 2.05) is 28.9 Å². The number of aromatic nitrogens is 5. The Morgan fingerprint density at radius 3 is 2.54 bits per heavy atom. The molecular formula is C21H28N6O. The average molecular weight is 380 g/mol. The van der Waals surface area contributed by atoms with Gasteiger partial charge in [0.05, 0.1) is 5.69 Å². The van der Waals surface area contributed by atoms with Gasteiger partial charge in [-0.1, -0.05) is 20.8 Å². The number of hydrogen-bond donors (Lipinski definition) is 0. The largest absolute Gasteiger partial charge is 0.319 e. The molecular weight excluding hydrogens is 352 g/mol. The van der Waals surface area contributed by atoms with Crippen molar-refractivity contribution in [2.45, 2.75) is 51.5 Å². The van der Waals surface area contributed by atoms with Crippen LogP contribution in [0.15, 0.2) is 35.3 Å². The van der Waals surface area contributed by atoms with E-state index < -0.39 is 0 Å². The summed E-state index contributed by atoms with van der Waals surface area (Å²) in [6, 6.07) is 7.81. The summed E-state index contributed by atoms with van der Waals surface area (Å²) in [5.41, 5.74) is 2.97. The quantitative estimate of drug-likeness (QED) is 0.698. The molecule has 0 aromatic carbocycles. The third-order valence-electron chi connectivity index (χ3n) is 5.58. The van der Waals surface area contributed by atoms with Gasteiger partial charge < -0.3 is 4.57 Å². The van der Waals surface area contributed by atoms with E-state index in [1.165, 1.54) is 0 Å². The highest BCUT2D eigenvalue weighted by molar-refractivity contribution is 5.37. The van der Waals surface area contributed by atoms with Crippen molar-refractivity contribution >= 4 is 5.65 Å². The Bertz CT molecular complexity index is 1040. The zero-order valence-electron chi connectivity index (χ0n) is 17.1. The Balaban J connectivity index is 1.47. The van der Waals surface area contributed by atoms with Gasteiger partial charge in [0.1, 0.15) is 0 Å². The molecule has 0 atom stereocenters. The maximum absolute atomic E-state index is 11.8. The molecule has 4 rings (SSSR count). The number of piperidine rings is 1. The molecule has 7 heteroatoms. The summed E-state index contributed by atoms with van der Waals surface area (Å²) < 4.78 is 3.53. The van der Waals surface area contributed by atoms with Crippen LogP contribution in [0, 0.1) is 0 Å². The third-order valence-corrected chi connectivity index (χ3v) is 5.58. The van der Waals surface area contributed by atoms with Crippen molar-refractivity contribution < 1.29 is 0 Å². The minimum absolute atomic E-state index is 0.00810. The summed E-state index contributed by atoms with van der Waals surface area (Å²) in [7, 11) is 1.78. The van der Waals surface area contributed by atoms with Crippen LogP contribution in [0.5, 0.6) is 0 Å². The maximum Gasteiger partial charge on any atom is 0.250 e. The van der Waals surface area contributed by atoms with Gasteiger partial charge in [-0.25, -0.2) is 0 Å². The lowest BCUT2D eigenvalue weighted by Gasteiger charge is -2.31. The predicted molar refractivity (Wildman–Crippen MR) is 108 cm³/mol. The molecule has 0 saturated carbocycles. The Morgan fingerprint density at radius 1 is 1.11 bits per heavy atom. The second kappa shape index (κ2) is 7.13. The summed E-state index contributed by atoms with van der Waals surface area (Å²) in [4.78, 5) is 14.2. The predicted octanol–water partition coefficient (Wildman–Crippen LogP) is 2.50. The first-order valence-electron chi connectivity index (χ1n) is 9.92. The first-order chi connectivity index (χ1) is 13.3. The van der Waals surface area contributed by atoms with Crippen molar-refractivity contribution in [3.05, 3.63) is 57.9 Å². The molecule has 0 bridgehead atoms. The van der Waals surface area contributed by atoms with Crippen LogP contribution in [0.3, 0.4) is 0 Å². The molecule has 0 radical (unpaired) electrons. The Labute approximate surface area is 165 Å². The maximum atomic E-state index is 11.8. The number of rotatable bonds is 3. The molecule has 148 valence electrons. The smallest absolute Gasteiger partial charge is 0.250 e. The standard InChI is InChI=1S/C21H28N6O/c1-21(2,3)17-5-6-18-22-23-20(27(18)24-17)16-8-11-26(12-9-16)14-15-7-10-25(4)19(28)13-15/h5-7,10,13,16H,8-9,11-12,14H2,1-4H3. The van der Waals surface area contributed by atoms with E-state index in [2.05, 4.69) is 35.9 Å². The molecule has 1 fully saturated rings. The minimum Gasteiger partial charge on any atom is -0.319 e. The van der Waals surface area contributed by atoms with E-state index in [0.29, 0.717) is 5.92 Å². The minimum atomic E-state index is -0.00810. The average Bonchev–Trinajstić information content (AvgIpc) is 3.08. The van der Waals surface area contributed by atoms with Gasteiger partial charge in [0.15, 0.2) is 11.5 Å². The van der Waals surface area contributed by atoms with Gasteiger partial charge in [-0.05, 0) is 49.7 Å². The fourth-order valence-electron chi connectivity index (χ4n) is 3.76. The molecule has 0 N–H and O–H groups in total. The van der Waals surface area contributed by atoms with E-state index in [0.717, 1.165) is 55.2 Å². The fraction of sp³-hybridized carbons (Fsp3) is 0.524. The van der Waals surface area contributed by atoms with E-state index in [1.54, 1.807) is 17.7 Å². The molecule has 1 aliphatic heterocycles. The van der Waals surface area contributed by atoms with Crippen molar-refractivity contribution in [3.8, 4) is 0 Å². The SMILES string of the molecule is Cn1ccc(CN2CCC(c3nnc4ccc(C(C)(C)C)nn34)CC2)cc1=O. The molecule has 1 saturated heterocycles. The highest BCUT2D eigenvalue weighted by atomic mass is 16.1. The molecule has 0 amide bonds.